The van der Waals surface area contributed by atoms with Gasteiger partial charge in [0, 0.05) is 38.0 Å². The van der Waals surface area contributed by atoms with Crippen LogP contribution in [0.5, 0.6) is 0 Å². The Morgan fingerprint density at radius 1 is 1.32 bits per heavy atom. The molecular formula is C15H22N2OS. The maximum absolute atomic E-state index is 11.6. The van der Waals surface area contributed by atoms with Crippen molar-refractivity contribution in [2.45, 2.75) is 26.1 Å². The normalized spacial score (nSPS) is 18.7. The molecule has 19 heavy (non-hydrogen) atoms. The molecule has 1 aromatic rings. The second-order valence-corrected chi connectivity index (χ2v) is 5.89. The van der Waals surface area contributed by atoms with Gasteiger partial charge in [-0.3, -0.25) is 4.79 Å². The molecule has 0 aliphatic carbocycles. The fraction of sp³-hybridized carbons (Fsp3) is 0.533. The summed E-state index contributed by atoms with van der Waals surface area (Å²) in [6.07, 6.45) is 0. The molecule has 1 saturated heterocycles. The van der Waals surface area contributed by atoms with Crippen LogP contribution in [0.1, 0.15) is 31.7 Å². The standard InChI is InChI=1S/C15H22N2OS/c1-4-16(5-2)14-8-6-13(7-9-14)15-17(12(3)18)10-11-19-15/h6-9,15H,4-5,10-11H2,1-3H3. The number of hydrogen-bond acceptors (Lipinski definition) is 3. The summed E-state index contributed by atoms with van der Waals surface area (Å²) in [5, 5.41) is 0.197. The molecule has 4 heteroatoms. The van der Waals surface area contributed by atoms with Crippen LogP contribution in [-0.2, 0) is 4.79 Å². The van der Waals surface area contributed by atoms with Crippen LogP contribution in [0.25, 0.3) is 0 Å². The van der Waals surface area contributed by atoms with E-state index in [9.17, 15) is 4.79 Å². The summed E-state index contributed by atoms with van der Waals surface area (Å²) >= 11 is 1.85. The first-order chi connectivity index (χ1) is 9.17. The molecule has 0 N–H and O–H groups in total. The molecule has 1 heterocycles. The molecule has 1 unspecified atom stereocenters. The van der Waals surface area contributed by atoms with Crippen molar-refractivity contribution in [1.82, 2.24) is 4.90 Å². The number of carbonyl (C=O) groups excluding carboxylic acids is 1. The second kappa shape index (κ2) is 6.33. The van der Waals surface area contributed by atoms with E-state index in [4.69, 9.17) is 0 Å². The number of carbonyl (C=O) groups is 1. The fourth-order valence-corrected chi connectivity index (χ4v) is 3.82. The average molecular weight is 278 g/mol. The average Bonchev–Trinajstić information content (AvgIpc) is 2.90. The van der Waals surface area contributed by atoms with E-state index in [1.165, 1.54) is 11.3 Å². The highest BCUT2D eigenvalue weighted by Crippen LogP contribution is 2.38. The monoisotopic (exact) mass is 278 g/mol. The fourth-order valence-electron chi connectivity index (χ4n) is 2.51. The number of rotatable bonds is 4. The number of nitrogens with zero attached hydrogens (tertiary/aromatic N) is 2. The maximum Gasteiger partial charge on any atom is 0.220 e. The first kappa shape index (κ1) is 14.3. The third-order valence-corrected chi connectivity index (χ3v) is 4.86. The van der Waals surface area contributed by atoms with Gasteiger partial charge in [-0.1, -0.05) is 12.1 Å². The van der Waals surface area contributed by atoms with Crippen molar-refractivity contribution in [1.29, 1.82) is 0 Å². The van der Waals surface area contributed by atoms with Gasteiger partial charge in [0.25, 0.3) is 0 Å². The zero-order chi connectivity index (χ0) is 13.8. The third kappa shape index (κ3) is 3.06. The molecule has 104 valence electrons. The Labute approximate surface area is 120 Å². The van der Waals surface area contributed by atoms with Crippen LogP contribution < -0.4 is 4.90 Å². The molecule has 1 amide bonds. The van der Waals surface area contributed by atoms with E-state index in [-0.39, 0.29) is 11.3 Å². The molecule has 2 rings (SSSR count). The molecule has 3 nitrogen and oxygen atoms in total. The number of benzene rings is 1. The molecule has 0 bridgehead atoms. The Hall–Kier alpha value is -1.16. The van der Waals surface area contributed by atoms with E-state index >= 15 is 0 Å². The molecule has 1 fully saturated rings. The highest BCUT2D eigenvalue weighted by atomic mass is 32.2. The quantitative estimate of drug-likeness (QED) is 0.845. The minimum absolute atomic E-state index is 0.169. The van der Waals surface area contributed by atoms with Gasteiger partial charge in [-0.05, 0) is 31.5 Å². The summed E-state index contributed by atoms with van der Waals surface area (Å²) in [7, 11) is 0. The lowest BCUT2D eigenvalue weighted by Gasteiger charge is -2.24. The zero-order valence-corrected chi connectivity index (χ0v) is 12.7. The lowest BCUT2D eigenvalue weighted by atomic mass is 10.1. The van der Waals surface area contributed by atoms with Crippen LogP contribution in [-0.4, -0.2) is 36.2 Å². The van der Waals surface area contributed by atoms with Gasteiger partial charge in [0.15, 0.2) is 0 Å². The van der Waals surface area contributed by atoms with Crippen molar-refractivity contribution in [3.05, 3.63) is 29.8 Å². The molecule has 1 atom stereocenters. The SMILES string of the molecule is CCN(CC)c1ccc(C2SCCN2C(C)=O)cc1. The Bertz CT molecular complexity index is 428. The third-order valence-electron chi connectivity index (χ3n) is 3.60. The number of thioether (sulfide) groups is 1. The lowest BCUT2D eigenvalue weighted by molar-refractivity contribution is -0.128. The van der Waals surface area contributed by atoms with E-state index < -0.39 is 0 Å². The molecule has 1 aromatic carbocycles. The first-order valence-corrected chi connectivity index (χ1v) is 7.96. The molecule has 0 aromatic heterocycles. The van der Waals surface area contributed by atoms with E-state index in [2.05, 4.69) is 43.0 Å². The number of amides is 1. The highest BCUT2D eigenvalue weighted by Gasteiger charge is 2.28. The van der Waals surface area contributed by atoms with Crippen molar-refractivity contribution in [3.8, 4) is 0 Å². The minimum atomic E-state index is 0.169. The molecular weight excluding hydrogens is 256 g/mol. The van der Waals surface area contributed by atoms with Crippen LogP contribution in [0.4, 0.5) is 5.69 Å². The summed E-state index contributed by atoms with van der Waals surface area (Å²) in [4.78, 5) is 15.9. The van der Waals surface area contributed by atoms with Crippen LogP contribution in [0, 0.1) is 0 Å². The van der Waals surface area contributed by atoms with Gasteiger partial charge in [-0.25, -0.2) is 0 Å². The van der Waals surface area contributed by atoms with Gasteiger partial charge in [-0.2, -0.15) is 0 Å². The van der Waals surface area contributed by atoms with Gasteiger partial charge in [0.2, 0.25) is 5.91 Å². The van der Waals surface area contributed by atoms with Crippen LogP contribution in [0.3, 0.4) is 0 Å². The van der Waals surface area contributed by atoms with E-state index in [0.717, 1.165) is 25.4 Å². The summed E-state index contributed by atoms with van der Waals surface area (Å²) in [6, 6.07) is 8.65. The van der Waals surface area contributed by atoms with Crippen LogP contribution >= 0.6 is 11.8 Å². The molecule has 0 spiro atoms. The highest BCUT2D eigenvalue weighted by molar-refractivity contribution is 7.99. The Morgan fingerprint density at radius 2 is 1.95 bits per heavy atom. The molecule has 0 radical (unpaired) electrons. The lowest BCUT2D eigenvalue weighted by Crippen LogP contribution is -2.27. The van der Waals surface area contributed by atoms with Crippen LogP contribution in [0.15, 0.2) is 24.3 Å². The van der Waals surface area contributed by atoms with Crippen molar-refractivity contribution in [2.24, 2.45) is 0 Å². The summed E-state index contributed by atoms with van der Waals surface area (Å²) in [6.45, 7) is 8.90. The van der Waals surface area contributed by atoms with Crippen molar-refractivity contribution in [2.75, 3.05) is 30.3 Å². The Balaban J connectivity index is 2.16. The number of hydrogen-bond donors (Lipinski definition) is 0. The van der Waals surface area contributed by atoms with E-state index in [0.29, 0.717) is 0 Å². The second-order valence-electron chi connectivity index (χ2n) is 4.70. The predicted molar refractivity (Wildman–Crippen MR) is 82.6 cm³/mol. The van der Waals surface area contributed by atoms with E-state index in [1.54, 1.807) is 6.92 Å². The smallest absolute Gasteiger partial charge is 0.220 e. The maximum atomic E-state index is 11.6. The molecule has 1 aliphatic heterocycles. The summed E-state index contributed by atoms with van der Waals surface area (Å²) < 4.78 is 0. The Kier molecular flexibility index (Phi) is 4.75. The van der Waals surface area contributed by atoms with Gasteiger partial charge < -0.3 is 9.80 Å². The van der Waals surface area contributed by atoms with Gasteiger partial charge in [0.05, 0.1) is 0 Å². The van der Waals surface area contributed by atoms with Gasteiger partial charge in [-0.15, -0.1) is 11.8 Å². The van der Waals surface area contributed by atoms with Gasteiger partial charge in [0.1, 0.15) is 5.37 Å². The topological polar surface area (TPSA) is 23.6 Å². The first-order valence-electron chi connectivity index (χ1n) is 6.91. The van der Waals surface area contributed by atoms with Crippen molar-refractivity contribution < 1.29 is 4.79 Å². The van der Waals surface area contributed by atoms with Gasteiger partial charge >= 0.3 is 0 Å². The summed E-state index contributed by atoms with van der Waals surface area (Å²) in [5.41, 5.74) is 2.49. The van der Waals surface area contributed by atoms with Crippen LogP contribution in [0.2, 0.25) is 0 Å². The Morgan fingerprint density at radius 3 is 2.47 bits per heavy atom. The molecule has 0 saturated carbocycles. The van der Waals surface area contributed by atoms with E-state index in [1.807, 2.05) is 16.7 Å². The predicted octanol–water partition coefficient (Wildman–Crippen LogP) is 3.13. The van der Waals surface area contributed by atoms with Crippen molar-refractivity contribution in [3.63, 3.8) is 0 Å². The summed E-state index contributed by atoms with van der Waals surface area (Å²) in [5.74, 6) is 1.20. The largest absolute Gasteiger partial charge is 0.372 e. The zero-order valence-electron chi connectivity index (χ0n) is 11.9. The number of anilines is 1. The van der Waals surface area contributed by atoms with Crippen molar-refractivity contribution >= 4 is 23.4 Å². The minimum Gasteiger partial charge on any atom is -0.372 e. The molecule has 1 aliphatic rings.